The fourth-order valence-corrected chi connectivity index (χ4v) is 4.53. The molecule has 1 aromatic heterocycles. The maximum absolute atomic E-state index is 13.0. The van der Waals surface area contributed by atoms with E-state index in [-0.39, 0.29) is 23.3 Å². The number of carbonyl (C=O) groups is 3. The molecule has 3 aliphatic rings. The molecule has 3 N–H and O–H groups in total. The molecule has 8 nitrogen and oxygen atoms in total. The average molecular weight is 396 g/mol. The van der Waals surface area contributed by atoms with Gasteiger partial charge in [0, 0.05) is 49.2 Å². The topological polar surface area (TPSA) is 104 Å². The molecule has 0 radical (unpaired) electrons. The van der Waals surface area contributed by atoms with Gasteiger partial charge in [0.2, 0.25) is 17.7 Å². The first-order valence-corrected chi connectivity index (χ1v) is 10.2. The number of hydrogen-bond acceptors (Lipinski definition) is 6. The highest BCUT2D eigenvalue weighted by Crippen LogP contribution is 2.43. The predicted molar refractivity (Wildman–Crippen MR) is 106 cm³/mol. The van der Waals surface area contributed by atoms with Crippen molar-refractivity contribution < 1.29 is 18.8 Å². The van der Waals surface area contributed by atoms with Gasteiger partial charge in [-0.2, -0.15) is 0 Å². The molecule has 2 aliphatic heterocycles. The van der Waals surface area contributed by atoms with Crippen molar-refractivity contribution in [2.24, 2.45) is 0 Å². The van der Waals surface area contributed by atoms with Crippen LogP contribution in [0.15, 0.2) is 28.9 Å². The molecule has 1 aliphatic carbocycles. The third kappa shape index (κ3) is 3.22. The van der Waals surface area contributed by atoms with Crippen molar-refractivity contribution in [1.82, 2.24) is 15.5 Å². The maximum atomic E-state index is 13.0. The lowest BCUT2D eigenvalue weighted by Crippen LogP contribution is -2.54. The van der Waals surface area contributed by atoms with Crippen LogP contribution in [0.2, 0.25) is 0 Å². The van der Waals surface area contributed by atoms with E-state index in [2.05, 4.69) is 20.9 Å². The summed E-state index contributed by atoms with van der Waals surface area (Å²) in [6, 6.07) is 5.50. The second-order valence-electron chi connectivity index (χ2n) is 8.13. The molecule has 0 bridgehead atoms. The summed E-state index contributed by atoms with van der Waals surface area (Å²) in [5.74, 6) is -0.927. The van der Waals surface area contributed by atoms with E-state index in [1.54, 1.807) is 6.26 Å². The summed E-state index contributed by atoms with van der Waals surface area (Å²) in [5.41, 5.74) is 1.72. The first kappa shape index (κ1) is 18.3. The quantitative estimate of drug-likeness (QED) is 0.674. The highest BCUT2D eigenvalue weighted by molar-refractivity contribution is 6.04. The number of benzene rings is 1. The van der Waals surface area contributed by atoms with Crippen LogP contribution in [-0.4, -0.2) is 54.3 Å². The first-order valence-electron chi connectivity index (χ1n) is 10.2. The highest BCUT2D eigenvalue weighted by Gasteiger charge is 2.54. The van der Waals surface area contributed by atoms with E-state index < -0.39 is 5.92 Å². The number of rotatable bonds is 4. The highest BCUT2D eigenvalue weighted by atomic mass is 16.3. The number of amides is 3. The van der Waals surface area contributed by atoms with Crippen LogP contribution in [0.25, 0.3) is 11.0 Å². The van der Waals surface area contributed by atoms with Gasteiger partial charge in [-0.25, -0.2) is 0 Å². The number of nitrogens with zero attached hydrogens (tertiary/aromatic N) is 1. The van der Waals surface area contributed by atoms with E-state index >= 15 is 0 Å². The third-order valence-electron chi connectivity index (χ3n) is 6.34. The van der Waals surface area contributed by atoms with Crippen LogP contribution in [-0.2, 0) is 14.4 Å². The zero-order valence-electron chi connectivity index (χ0n) is 16.1. The zero-order valence-corrected chi connectivity index (χ0v) is 16.1. The fraction of sp³-hybridized carbons (Fsp3) is 0.476. The van der Waals surface area contributed by atoms with Crippen molar-refractivity contribution >= 4 is 34.4 Å². The van der Waals surface area contributed by atoms with Crippen LogP contribution >= 0.6 is 0 Å². The number of nitrogens with one attached hydrogen (secondary N) is 3. The Morgan fingerprint density at radius 1 is 1.21 bits per heavy atom. The lowest BCUT2D eigenvalue weighted by molar-refractivity contribution is -0.134. The van der Waals surface area contributed by atoms with E-state index in [1.807, 2.05) is 18.2 Å². The summed E-state index contributed by atoms with van der Waals surface area (Å²) >= 11 is 0. The van der Waals surface area contributed by atoms with Crippen LogP contribution in [0.3, 0.4) is 0 Å². The minimum absolute atomic E-state index is 0.0322. The summed E-state index contributed by atoms with van der Waals surface area (Å²) in [7, 11) is 0. The molecule has 3 amide bonds. The maximum Gasteiger partial charge on any atom is 0.244 e. The molecule has 3 heterocycles. The van der Waals surface area contributed by atoms with Crippen LogP contribution in [0.4, 0.5) is 5.69 Å². The number of anilines is 1. The lowest BCUT2D eigenvalue weighted by atomic mass is 9.90. The molecule has 3 fully saturated rings. The Labute approximate surface area is 168 Å². The van der Waals surface area contributed by atoms with Crippen molar-refractivity contribution in [2.45, 2.75) is 37.1 Å². The SMILES string of the molecule is O=C1CCC(c2coc3ccc(NC(=O)C4(N5CCNCC5)CC4)cc23)C(=O)N1. The number of piperidine rings is 1. The Morgan fingerprint density at radius 3 is 2.72 bits per heavy atom. The summed E-state index contributed by atoms with van der Waals surface area (Å²) in [5, 5.41) is 9.59. The van der Waals surface area contributed by atoms with Crippen LogP contribution in [0, 0.1) is 0 Å². The number of imide groups is 1. The summed E-state index contributed by atoms with van der Waals surface area (Å²) in [4.78, 5) is 39.0. The van der Waals surface area contributed by atoms with Gasteiger partial charge in [0.25, 0.3) is 0 Å². The van der Waals surface area contributed by atoms with Gasteiger partial charge < -0.3 is 15.1 Å². The Hall–Kier alpha value is -2.71. The Balaban J connectivity index is 1.38. The van der Waals surface area contributed by atoms with E-state index in [9.17, 15) is 14.4 Å². The van der Waals surface area contributed by atoms with Gasteiger partial charge in [0.15, 0.2) is 0 Å². The largest absolute Gasteiger partial charge is 0.464 e. The van der Waals surface area contributed by atoms with Crippen molar-refractivity contribution in [2.75, 3.05) is 31.5 Å². The second-order valence-corrected chi connectivity index (χ2v) is 8.13. The molecule has 5 rings (SSSR count). The molecule has 152 valence electrons. The summed E-state index contributed by atoms with van der Waals surface area (Å²) < 4.78 is 5.62. The van der Waals surface area contributed by atoms with Gasteiger partial charge in [0.1, 0.15) is 11.1 Å². The van der Waals surface area contributed by atoms with Crippen LogP contribution in [0.1, 0.15) is 37.2 Å². The molecule has 1 saturated carbocycles. The standard InChI is InChI=1S/C21H24N4O4/c26-18-4-2-14(19(27)24-18)16-12-29-17-3-1-13(11-15(16)17)23-20(28)21(5-6-21)25-9-7-22-8-10-25/h1,3,11-12,14,22H,2,4-10H2,(H,23,28)(H,24,26,27). The van der Waals surface area contributed by atoms with Crippen LogP contribution < -0.4 is 16.0 Å². The third-order valence-corrected chi connectivity index (χ3v) is 6.34. The van der Waals surface area contributed by atoms with Gasteiger partial charge in [-0.05, 0) is 37.5 Å². The van der Waals surface area contributed by atoms with E-state index in [4.69, 9.17) is 4.42 Å². The number of fused-ring (bicyclic) bond motifs is 1. The van der Waals surface area contributed by atoms with Crippen molar-refractivity contribution in [3.8, 4) is 0 Å². The van der Waals surface area contributed by atoms with Gasteiger partial charge >= 0.3 is 0 Å². The molecule has 8 heteroatoms. The van der Waals surface area contributed by atoms with Crippen molar-refractivity contribution in [3.63, 3.8) is 0 Å². The lowest BCUT2D eigenvalue weighted by Gasteiger charge is -2.34. The fourth-order valence-electron chi connectivity index (χ4n) is 4.53. The van der Waals surface area contributed by atoms with E-state index in [0.29, 0.717) is 24.1 Å². The molecular weight excluding hydrogens is 372 g/mol. The number of furan rings is 1. The normalized spacial score (nSPS) is 24.3. The van der Waals surface area contributed by atoms with Gasteiger partial charge in [-0.3, -0.25) is 24.6 Å². The molecule has 0 spiro atoms. The molecule has 1 atom stereocenters. The average Bonchev–Trinajstić information content (AvgIpc) is 3.44. The van der Waals surface area contributed by atoms with Gasteiger partial charge in [-0.1, -0.05) is 0 Å². The Bertz CT molecular complexity index is 988. The summed E-state index contributed by atoms with van der Waals surface area (Å²) in [6.07, 6.45) is 4.12. The van der Waals surface area contributed by atoms with Crippen molar-refractivity contribution in [1.29, 1.82) is 0 Å². The molecule has 2 aromatic rings. The van der Waals surface area contributed by atoms with E-state index in [1.165, 1.54) is 0 Å². The first-order chi connectivity index (χ1) is 14.1. The predicted octanol–water partition coefficient (Wildman–Crippen LogP) is 1.33. The zero-order chi connectivity index (χ0) is 20.0. The molecule has 2 saturated heterocycles. The number of hydrogen-bond donors (Lipinski definition) is 3. The number of piperazine rings is 1. The van der Waals surface area contributed by atoms with Gasteiger partial charge in [-0.15, -0.1) is 0 Å². The second kappa shape index (κ2) is 6.96. The monoisotopic (exact) mass is 396 g/mol. The van der Waals surface area contributed by atoms with Crippen molar-refractivity contribution in [3.05, 3.63) is 30.0 Å². The smallest absolute Gasteiger partial charge is 0.244 e. The number of carbonyl (C=O) groups excluding carboxylic acids is 3. The van der Waals surface area contributed by atoms with Crippen LogP contribution in [0.5, 0.6) is 0 Å². The summed E-state index contributed by atoms with van der Waals surface area (Å²) in [6.45, 7) is 3.58. The molecule has 1 aromatic carbocycles. The molecule has 1 unspecified atom stereocenters. The van der Waals surface area contributed by atoms with E-state index in [0.717, 1.165) is 50.0 Å². The Kier molecular flexibility index (Phi) is 4.40. The minimum Gasteiger partial charge on any atom is -0.464 e. The molecule has 29 heavy (non-hydrogen) atoms. The molecular formula is C21H24N4O4. The Morgan fingerprint density at radius 2 is 2.00 bits per heavy atom. The van der Waals surface area contributed by atoms with Gasteiger partial charge in [0.05, 0.1) is 12.2 Å². The minimum atomic E-state index is -0.421.